The largest absolute Gasteiger partial charge is 0.394 e. The lowest BCUT2D eigenvalue weighted by molar-refractivity contribution is 0.135. The van der Waals surface area contributed by atoms with Crippen molar-refractivity contribution in [1.29, 1.82) is 0 Å². The van der Waals surface area contributed by atoms with Gasteiger partial charge in [-0.15, -0.1) is 0 Å². The minimum atomic E-state index is -0.436. The Kier molecular flexibility index (Phi) is 12.6. The van der Waals surface area contributed by atoms with Crippen LogP contribution in [0.2, 0.25) is 0 Å². The van der Waals surface area contributed by atoms with Crippen molar-refractivity contribution in [3.63, 3.8) is 0 Å². The monoisotopic (exact) mass is 443 g/mol. The quantitative estimate of drug-likeness (QED) is 0.532. The number of hydrogen-bond donors (Lipinski definition) is 3. The average molecular weight is 444 g/mol. The van der Waals surface area contributed by atoms with E-state index in [1.165, 1.54) is 5.69 Å². The third-order valence-electron chi connectivity index (χ3n) is 5.08. The molecular weight excluding hydrogens is 402 g/mol. The second-order valence-electron chi connectivity index (χ2n) is 6.93. The number of aromatic nitrogens is 2. The van der Waals surface area contributed by atoms with Gasteiger partial charge in [-0.2, -0.15) is 0 Å². The summed E-state index contributed by atoms with van der Waals surface area (Å²) in [6.45, 7) is 12.8. The zero-order chi connectivity index (χ0) is 24.1. The molecule has 3 heterocycles. The van der Waals surface area contributed by atoms with Crippen LogP contribution < -0.4 is 5.32 Å². The maximum Gasteiger partial charge on any atom is 0.161 e. The molecule has 0 saturated heterocycles. The molecule has 4 rings (SSSR count). The van der Waals surface area contributed by atoms with Gasteiger partial charge < -0.3 is 24.7 Å². The number of aliphatic hydroxyl groups is 2. The number of hydrogen-bond acceptors (Lipinski definition) is 5. The first-order chi connectivity index (χ1) is 15.6. The molecule has 6 nitrogen and oxygen atoms in total. The molecule has 178 valence electrons. The van der Waals surface area contributed by atoms with Crippen LogP contribution in [0.15, 0.2) is 42.6 Å². The van der Waals surface area contributed by atoms with Crippen LogP contribution in [-0.4, -0.2) is 46.0 Å². The van der Waals surface area contributed by atoms with Gasteiger partial charge in [-0.05, 0) is 30.5 Å². The highest BCUT2D eigenvalue weighted by Crippen LogP contribution is 2.36. The number of imidazole rings is 1. The third kappa shape index (κ3) is 6.55. The standard InChI is InChI=1S/C19H21N3O.C3H8O2.2C2H6/c1-3-15-12(2)20-19-18-14(9-10-22(15)19)11-16(23)17(21-18)13-7-5-4-6-8-13;1-5-3-2-4;2*1-2/h4-10,16-17,21,23H,3,11H2,1-2H3;4H,2-3H2,1H3;2*1-2H3/t16?,17-;;;/m1.../s1. The first-order valence-electron chi connectivity index (χ1n) is 11.7. The molecule has 1 aliphatic rings. The molecule has 0 spiro atoms. The fraction of sp³-hybridized carbons (Fsp3) is 0.500. The van der Waals surface area contributed by atoms with Gasteiger partial charge in [0.2, 0.25) is 0 Å². The summed E-state index contributed by atoms with van der Waals surface area (Å²) in [6, 6.07) is 12.1. The van der Waals surface area contributed by atoms with E-state index in [0.29, 0.717) is 13.0 Å². The molecule has 0 bridgehead atoms. The van der Waals surface area contributed by atoms with E-state index in [1.807, 2.05) is 45.9 Å². The molecule has 1 aromatic carbocycles. The van der Waals surface area contributed by atoms with E-state index < -0.39 is 6.10 Å². The van der Waals surface area contributed by atoms with Gasteiger partial charge in [0.1, 0.15) is 0 Å². The van der Waals surface area contributed by atoms with Gasteiger partial charge in [-0.1, -0.05) is 65.0 Å². The number of ether oxygens (including phenoxy) is 1. The Morgan fingerprint density at radius 1 is 1.12 bits per heavy atom. The molecule has 0 saturated carbocycles. The Bertz CT molecular complexity index is 908. The average Bonchev–Trinajstić information content (AvgIpc) is 3.18. The topological polar surface area (TPSA) is 79.0 Å². The van der Waals surface area contributed by atoms with Crippen LogP contribution in [0.1, 0.15) is 63.2 Å². The van der Waals surface area contributed by atoms with Gasteiger partial charge in [0.05, 0.1) is 36.7 Å². The summed E-state index contributed by atoms with van der Waals surface area (Å²) < 4.78 is 6.61. The van der Waals surface area contributed by atoms with E-state index in [4.69, 9.17) is 10.1 Å². The van der Waals surface area contributed by atoms with Crippen molar-refractivity contribution < 1.29 is 14.9 Å². The Hall–Kier alpha value is -2.41. The number of pyridine rings is 1. The Morgan fingerprint density at radius 2 is 1.78 bits per heavy atom. The third-order valence-corrected chi connectivity index (χ3v) is 5.08. The summed E-state index contributed by atoms with van der Waals surface area (Å²) in [5.74, 6) is 0. The van der Waals surface area contributed by atoms with Crippen molar-refractivity contribution in [1.82, 2.24) is 9.38 Å². The molecule has 0 aliphatic carbocycles. The molecule has 32 heavy (non-hydrogen) atoms. The molecule has 2 aromatic heterocycles. The highest BCUT2D eigenvalue weighted by Gasteiger charge is 2.29. The van der Waals surface area contributed by atoms with Crippen molar-refractivity contribution in [3.8, 4) is 0 Å². The molecule has 6 heteroatoms. The van der Waals surface area contributed by atoms with Gasteiger partial charge in [0.25, 0.3) is 0 Å². The number of aryl methyl sites for hydroxylation is 2. The summed E-state index contributed by atoms with van der Waals surface area (Å²) in [6.07, 6.45) is 3.24. The summed E-state index contributed by atoms with van der Waals surface area (Å²) in [7, 11) is 1.55. The molecule has 3 aromatic rings. The van der Waals surface area contributed by atoms with E-state index in [9.17, 15) is 5.11 Å². The zero-order valence-electron chi connectivity index (χ0n) is 20.7. The van der Waals surface area contributed by atoms with Gasteiger partial charge >= 0.3 is 0 Å². The van der Waals surface area contributed by atoms with Crippen molar-refractivity contribution in [2.75, 3.05) is 25.6 Å². The number of nitrogens with one attached hydrogen (secondary N) is 1. The second-order valence-corrected chi connectivity index (χ2v) is 6.93. The van der Waals surface area contributed by atoms with E-state index in [0.717, 1.165) is 34.6 Å². The van der Waals surface area contributed by atoms with E-state index in [-0.39, 0.29) is 12.6 Å². The lowest BCUT2D eigenvalue weighted by Gasteiger charge is -2.32. The number of benzene rings is 1. The van der Waals surface area contributed by atoms with Gasteiger partial charge in [0.15, 0.2) is 5.65 Å². The highest BCUT2D eigenvalue weighted by atomic mass is 16.5. The first kappa shape index (κ1) is 27.6. The summed E-state index contributed by atoms with van der Waals surface area (Å²) in [5.41, 5.74) is 6.56. The Labute approximate surface area is 193 Å². The summed E-state index contributed by atoms with van der Waals surface area (Å²) in [5, 5.41) is 22.0. The Balaban J connectivity index is 0.000000497. The van der Waals surface area contributed by atoms with Crippen LogP contribution >= 0.6 is 0 Å². The molecule has 0 radical (unpaired) electrons. The van der Waals surface area contributed by atoms with Gasteiger partial charge in [0, 0.05) is 25.4 Å². The van der Waals surface area contributed by atoms with Gasteiger partial charge in [-0.3, -0.25) is 0 Å². The summed E-state index contributed by atoms with van der Waals surface area (Å²) >= 11 is 0. The fourth-order valence-corrected chi connectivity index (χ4v) is 3.71. The minimum Gasteiger partial charge on any atom is -0.394 e. The van der Waals surface area contributed by atoms with Gasteiger partial charge in [-0.25, -0.2) is 4.98 Å². The molecule has 2 atom stereocenters. The van der Waals surface area contributed by atoms with Crippen LogP contribution in [-0.2, 0) is 17.6 Å². The highest BCUT2D eigenvalue weighted by molar-refractivity contribution is 5.74. The van der Waals surface area contributed by atoms with Crippen molar-refractivity contribution in [2.24, 2.45) is 0 Å². The molecule has 1 aliphatic heterocycles. The van der Waals surface area contributed by atoms with Crippen LogP contribution in [0.25, 0.3) is 5.65 Å². The summed E-state index contributed by atoms with van der Waals surface area (Å²) in [4.78, 5) is 4.77. The molecule has 0 amide bonds. The Morgan fingerprint density at radius 3 is 2.31 bits per heavy atom. The fourth-order valence-electron chi connectivity index (χ4n) is 3.71. The predicted octanol–water partition coefficient (Wildman–Crippen LogP) is 4.95. The lowest BCUT2D eigenvalue weighted by Crippen LogP contribution is -2.32. The van der Waals surface area contributed by atoms with E-state index in [1.54, 1.807) is 7.11 Å². The number of anilines is 1. The number of nitrogens with zero attached hydrogens (tertiary/aromatic N) is 2. The minimum absolute atomic E-state index is 0.100. The predicted molar refractivity (Wildman–Crippen MR) is 133 cm³/mol. The van der Waals surface area contributed by atoms with Crippen LogP contribution in [0.3, 0.4) is 0 Å². The van der Waals surface area contributed by atoms with E-state index >= 15 is 0 Å². The normalized spacial score (nSPS) is 16.3. The van der Waals surface area contributed by atoms with Crippen LogP contribution in [0, 0.1) is 6.92 Å². The smallest absolute Gasteiger partial charge is 0.161 e. The number of aliphatic hydroxyl groups excluding tert-OH is 2. The number of fused-ring (bicyclic) bond motifs is 3. The molecule has 1 unspecified atom stereocenters. The van der Waals surface area contributed by atoms with Crippen LogP contribution in [0.5, 0.6) is 0 Å². The van der Waals surface area contributed by atoms with E-state index in [2.05, 4.69) is 52.7 Å². The van der Waals surface area contributed by atoms with Crippen LogP contribution in [0.4, 0.5) is 5.69 Å². The maximum atomic E-state index is 10.6. The molecule has 0 fully saturated rings. The van der Waals surface area contributed by atoms with Crippen molar-refractivity contribution in [3.05, 3.63) is 65.1 Å². The van der Waals surface area contributed by atoms with Crippen molar-refractivity contribution >= 4 is 11.3 Å². The molecular formula is C26H41N3O3. The molecule has 3 N–H and O–H groups in total. The second kappa shape index (κ2) is 14.6. The SMILES string of the molecule is CC.CC.CCc1c(C)nc2c3c(ccn12)CC(O)[C@@H](c1ccccc1)N3.COCCO. The lowest BCUT2D eigenvalue weighted by atomic mass is 9.91. The number of methoxy groups -OCH3 is 1. The van der Waals surface area contributed by atoms with Crippen molar-refractivity contribution in [2.45, 2.75) is 66.5 Å². The zero-order valence-corrected chi connectivity index (χ0v) is 20.7. The maximum absolute atomic E-state index is 10.6. The number of rotatable bonds is 4. The first-order valence-corrected chi connectivity index (χ1v) is 11.7.